The van der Waals surface area contributed by atoms with Gasteiger partial charge in [-0.25, -0.2) is 0 Å². The van der Waals surface area contributed by atoms with Crippen LogP contribution in [-0.4, -0.2) is 70.8 Å². The molecule has 192 valence electrons. The Balaban J connectivity index is 1.76. The smallest absolute Gasteiger partial charge is 0.268 e. The first-order chi connectivity index (χ1) is 16.9. The largest absolute Gasteiger partial charge is 0.490 e. The van der Waals surface area contributed by atoms with Gasteiger partial charge in [0, 0.05) is 30.1 Å². The number of thiophene rings is 1. The van der Waals surface area contributed by atoms with E-state index in [2.05, 4.69) is 49.1 Å². The van der Waals surface area contributed by atoms with Crippen LogP contribution < -0.4 is 10.1 Å². The standard InChI is InChI=1S/C26H38N4O4S/c1-6-19-13-20(11-18(5)24(19)33-16-21(32)14-27-9-10-31)25-28-26(34-29-25)22-12-17(4)23(35-22)15-30(7-2)8-3/h11-13,21,27,31-32H,6-10,14-16H2,1-5H3/t21-/m0/s1. The summed E-state index contributed by atoms with van der Waals surface area (Å²) >= 11 is 1.71. The van der Waals surface area contributed by atoms with Crippen molar-refractivity contribution in [2.75, 3.05) is 39.4 Å². The van der Waals surface area contributed by atoms with Crippen molar-refractivity contribution in [1.82, 2.24) is 20.4 Å². The van der Waals surface area contributed by atoms with Crippen LogP contribution in [0.5, 0.6) is 5.75 Å². The van der Waals surface area contributed by atoms with Crippen LogP contribution >= 0.6 is 11.3 Å². The molecule has 1 atom stereocenters. The van der Waals surface area contributed by atoms with E-state index in [-0.39, 0.29) is 13.2 Å². The number of nitrogens with one attached hydrogen (secondary N) is 1. The van der Waals surface area contributed by atoms with Crippen LogP contribution in [0.2, 0.25) is 0 Å². The lowest BCUT2D eigenvalue weighted by Crippen LogP contribution is -2.33. The van der Waals surface area contributed by atoms with E-state index in [1.807, 2.05) is 19.1 Å². The normalized spacial score (nSPS) is 12.5. The Bertz CT molecular complexity index is 1080. The van der Waals surface area contributed by atoms with Crippen LogP contribution in [0.1, 0.15) is 42.3 Å². The third-order valence-electron chi connectivity index (χ3n) is 6.00. The zero-order chi connectivity index (χ0) is 25.4. The van der Waals surface area contributed by atoms with E-state index in [9.17, 15) is 5.11 Å². The number of benzene rings is 1. The van der Waals surface area contributed by atoms with E-state index >= 15 is 0 Å². The van der Waals surface area contributed by atoms with E-state index in [0.717, 1.165) is 53.4 Å². The highest BCUT2D eigenvalue weighted by atomic mass is 32.1. The number of ether oxygens (including phenoxy) is 1. The van der Waals surface area contributed by atoms with Crippen molar-refractivity contribution in [3.05, 3.63) is 39.8 Å². The summed E-state index contributed by atoms with van der Waals surface area (Å²) in [4.78, 5) is 9.40. The first-order valence-electron chi connectivity index (χ1n) is 12.3. The fraction of sp³-hybridized carbons (Fsp3) is 0.538. The zero-order valence-corrected chi connectivity index (χ0v) is 22.2. The van der Waals surface area contributed by atoms with Crippen LogP contribution in [-0.2, 0) is 13.0 Å². The average molecular weight is 503 g/mol. The monoisotopic (exact) mass is 502 g/mol. The molecule has 1 aromatic carbocycles. The average Bonchev–Trinajstić information content (AvgIpc) is 3.48. The second-order valence-corrected chi connectivity index (χ2v) is 9.77. The van der Waals surface area contributed by atoms with Crippen LogP contribution in [0.4, 0.5) is 0 Å². The van der Waals surface area contributed by atoms with Crippen molar-refractivity contribution in [3.8, 4) is 27.9 Å². The molecule has 0 saturated carbocycles. The summed E-state index contributed by atoms with van der Waals surface area (Å²) in [5.74, 6) is 1.86. The Hall–Kier alpha value is -2.30. The highest BCUT2D eigenvalue weighted by molar-refractivity contribution is 7.15. The van der Waals surface area contributed by atoms with Crippen LogP contribution in [0.25, 0.3) is 22.2 Å². The van der Waals surface area contributed by atoms with E-state index in [0.29, 0.717) is 24.8 Å². The number of nitrogens with zero attached hydrogens (tertiary/aromatic N) is 3. The van der Waals surface area contributed by atoms with Gasteiger partial charge in [0.1, 0.15) is 18.5 Å². The van der Waals surface area contributed by atoms with Gasteiger partial charge in [0.2, 0.25) is 5.82 Å². The van der Waals surface area contributed by atoms with Gasteiger partial charge in [-0.05, 0) is 68.2 Å². The van der Waals surface area contributed by atoms with Crippen LogP contribution in [0, 0.1) is 13.8 Å². The number of hydrogen-bond acceptors (Lipinski definition) is 9. The number of hydrogen-bond donors (Lipinski definition) is 3. The van der Waals surface area contributed by atoms with Crippen LogP contribution in [0.15, 0.2) is 22.7 Å². The summed E-state index contributed by atoms with van der Waals surface area (Å²) < 4.78 is 11.6. The van der Waals surface area contributed by atoms with E-state index < -0.39 is 6.10 Å². The maximum atomic E-state index is 10.1. The summed E-state index contributed by atoms with van der Waals surface area (Å²) in [7, 11) is 0. The first kappa shape index (κ1) is 27.3. The SMILES string of the molecule is CCc1cc(-c2noc(-c3cc(C)c(CN(CC)CC)s3)n2)cc(C)c1OC[C@@H](O)CNCCO. The van der Waals surface area contributed by atoms with Crippen molar-refractivity contribution >= 4 is 11.3 Å². The lowest BCUT2D eigenvalue weighted by molar-refractivity contribution is 0.104. The van der Waals surface area contributed by atoms with Gasteiger partial charge in [-0.3, -0.25) is 4.90 Å². The zero-order valence-electron chi connectivity index (χ0n) is 21.4. The van der Waals surface area contributed by atoms with E-state index in [4.69, 9.17) is 19.4 Å². The van der Waals surface area contributed by atoms with Crippen molar-refractivity contribution in [2.45, 2.75) is 53.7 Å². The molecule has 0 aliphatic carbocycles. The maximum Gasteiger partial charge on any atom is 0.268 e. The number of aliphatic hydroxyl groups excluding tert-OH is 2. The molecule has 35 heavy (non-hydrogen) atoms. The Labute approximate surface area is 211 Å². The topological polar surface area (TPSA) is 104 Å². The summed E-state index contributed by atoms with van der Waals surface area (Å²) in [6.07, 6.45) is 0.109. The number of aliphatic hydroxyl groups is 2. The molecule has 2 aromatic heterocycles. The molecule has 8 nitrogen and oxygen atoms in total. The predicted molar refractivity (Wildman–Crippen MR) is 140 cm³/mol. The highest BCUT2D eigenvalue weighted by Gasteiger charge is 2.18. The van der Waals surface area contributed by atoms with Gasteiger partial charge < -0.3 is 24.8 Å². The lowest BCUT2D eigenvalue weighted by Gasteiger charge is -2.17. The molecule has 0 radical (unpaired) electrons. The van der Waals surface area contributed by atoms with E-state index in [1.54, 1.807) is 11.3 Å². The molecule has 3 aromatic rings. The summed E-state index contributed by atoms with van der Waals surface area (Å²) in [6.45, 7) is 14.5. The first-order valence-corrected chi connectivity index (χ1v) is 13.1. The van der Waals surface area contributed by atoms with Gasteiger partial charge in [-0.15, -0.1) is 11.3 Å². The number of aromatic nitrogens is 2. The Morgan fingerprint density at radius 2 is 1.91 bits per heavy atom. The molecule has 0 unspecified atom stereocenters. The molecule has 0 aliphatic rings. The molecular weight excluding hydrogens is 464 g/mol. The molecule has 3 rings (SSSR count). The second kappa shape index (κ2) is 13.1. The molecule has 9 heteroatoms. The molecule has 0 saturated heterocycles. The van der Waals surface area contributed by atoms with Gasteiger partial charge in [-0.2, -0.15) is 4.98 Å². The molecule has 0 fully saturated rings. The molecule has 0 bridgehead atoms. The van der Waals surface area contributed by atoms with Gasteiger partial charge in [-0.1, -0.05) is 25.9 Å². The molecule has 0 spiro atoms. The minimum atomic E-state index is -0.661. The predicted octanol–water partition coefficient (Wildman–Crippen LogP) is 3.81. The molecule has 0 amide bonds. The fourth-order valence-corrected chi connectivity index (χ4v) is 5.04. The molecular formula is C26H38N4O4S. The molecule has 2 heterocycles. The summed E-state index contributed by atoms with van der Waals surface area (Å²) in [5, 5.41) is 26.2. The Morgan fingerprint density at radius 3 is 2.60 bits per heavy atom. The summed E-state index contributed by atoms with van der Waals surface area (Å²) in [5.41, 5.74) is 4.10. The minimum absolute atomic E-state index is 0.0372. The van der Waals surface area contributed by atoms with E-state index in [1.165, 1.54) is 10.4 Å². The quantitative estimate of drug-likeness (QED) is 0.286. The molecule has 0 aliphatic heterocycles. The minimum Gasteiger partial charge on any atom is -0.490 e. The van der Waals surface area contributed by atoms with Crippen molar-refractivity contribution in [2.24, 2.45) is 0 Å². The number of aryl methyl sites for hydroxylation is 3. The third-order valence-corrected chi connectivity index (χ3v) is 7.21. The van der Waals surface area contributed by atoms with Gasteiger partial charge in [0.25, 0.3) is 5.89 Å². The number of rotatable bonds is 14. The third kappa shape index (κ3) is 7.11. The van der Waals surface area contributed by atoms with Crippen molar-refractivity contribution in [3.63, 3.8) is 0 Å². The van der Waals surface area contributed by atoms with Crippen molar-refractivity contribution < 1.29 is 19.5 Å². The van der Waals surface area contributed by atoms with Crippen molar-refractivity contribution in [1.29, 1.82) is 0 Å². The Morgan fingerprint density at radius 1 is 1.14 bits per heavy atom. The van der Waals surface area contributed by atoms with Gasteiger partial charge in [0.15, 0.2) is 0 Å². The maximum absolute atomic E-state index is 10.1. The second-order valence-electron chi connectivity index (χ2n) is 8.63. The lowest BCUT2D eigenvalue weighted by atomic mass is 10.0. The van der Waals surface area contributed by atoms with Crippen LogP contribution in [0.3, 0.4) is 0 Å². The highest BCUT2D eigenvalue weighted by Crippen LogP contribution is 2.34. The summed E-state index contributed by atoms with van der Waals surface area (Å²) in [6, 6.07) is 6.14. The fourth-order valence-electron chi connectivity index (χ4n) is 3.90. The van der Waals surface area contributed by atoms with Gasteiger partial charge >= 0.3 is 0 Å². The Kier molecular flexibility index (Phi) is 10.2. The van der Waals surface area contributed by atoms with Gasteiger partial charge in [0.05, 0.1) is 11.5 Å². The molecule has 3 N–H and O–H groups in total.